The Balaban J connectivity index is 2.12. The normalized spacial score (nSPS) is 26.8. The van der Waals surface area contributed by atoms with Gasteiger partial charge in [0.15, 0.2) is 0 Å². The van der Waals surface area contributed by atoms with Crippen LogP contribution in [0.5, 0.6) is 5.75 Å². The zero-order chi connectivity index (χ0) is 13.9. The SMILES string of the molecule is COc1ccncc1NC(=O)C1CCCCC1(C)N. The second-order valence-corrected chi connectivity index (χ2v) is 5.37. The number of carbonyl (C=O) groups excluding carboxylic acids is 1. The number of aromatic nitrogens is 1. The minimum atomic E-state index is -0.433. The molecule has 3 N–H and O–H groups in total. The van der Waals surface area contributed by atoms with Gasteiger partial charge in [0.05, 0.1) is 19.2 Å². The fraction of sp³-hybridized carbons (Fsp3) is 0.571. The van der Waals surface area contributed by atoms with Gasteiger partial charge in [-0.15, -0.1) is 0 Å². The molecule has 5 nitrogen and oxygen atoms in total. The van der Waals surface area contributed by atoms with E-state index >= 15 is 0 Å². The molecule has 0 aromatic carbocycles. The van der Waals surface area contributed by atoms with Crippen molar-refractivity contribution < 1.29 is 9.53 Å². The number of nitrogens with two attached hydrogens (primary N) is 1. The maximum atomic E-state index is 12.4. The molecule has 2 rings (SSSR count). The fourth-order valence-electron chi connectivity index (χ4n) is 2.66. The third-order valence-corrected chi connectivity index (χ3v) is 3.83. The van der Waals surface area contributed by atoms with Crippen LogP contribution in [-0.4, -0.2) is 23.5 Å². The molecule has 5 heteroatoms. The first-order valence-electron chi connectivity index (χ1n) is 6.62. The summed E-state index contributed by atoms with van der Waals surface area (Å²) >= 11 is 0. The van der Waals surface area contributed by atoms with Crippen molar-refractivity contribution in [2.75, 3.05) is 12.4 Å². The molecular weight excluding hydrogens is 242 g/mol. The number of pyridine rings is 1. The van der Waals surface area contributed by atoms with Crippen LogP contribution in [0.15, 0.2) is 18.5 Å². The number of ether oxygens (including phenoxy) is 1. The van der Waals surface area contributed by atoms with Gasteiger partial charge < -0.3 is 15.8 Å². The first-order valence-corrected chi connectivity index (χ1v) is 6.62. The summed E-state index contributed by atoms with van der Waals surface area (Å²) in [7, 11) is 1.57. The zero-order valence-electron chi connectivity index (χ0n) is 11.5. The summed E-state index contributed by atoms with van der Waals surface area (Å²) in [5, 5.41) is 2.88. The monoisotopic (exact) mass is 263 g/mol. The van der Waals surface area contributed by atoms with E-state index in [0.717, 1.165) is 25.7 Å². The van der Waals surface area contributed by atoms with Crippen LogP contribution in [0.2, 0.25) is 0 Å². The van der Waals surface area contributed by atoms with E-state index < -0.39 is 5.54 Å². The van der Waals surface area contributed by atoms with Gasteiger partial charge in [-0.25, -0.2) is 0 Å². The van der Waals surface area contributed by atoms with E-state index in [1.54, 1.807) is 25.6 Å². The van der Waals surface area contributed by atoms with Crippen molar-refractivity contribution in [2.24, 2.45) is 11.7 Å². The molecule has 1 fully saturated rings. The van der Waals surface area contributed by atoms with Crippen LogP contribution in [0.1, 0.15) is 32.6 Å². The molecule has 0 bridgehead atoms. The molecule has 1 aromatic rings. The average Bonchev–Trinajstić information content (AvgIpc) is 2.38. The largest absolute Gasteiger partial charge is 0.494 e. The summed E-state index contributed by atoms with van der Waals surface area (Å²) in [4.78, 5) is 16.4. The molecule has 0 aliphatic heterocycles. The summed E-state index contributed by atoms with van der Waals surface area (Å²) in [6.07, 6.45) is 7.08. The van der Waals surface area contributed by atoms with Gasteiger partial charge in [0, 0.05) is 17.8 Å². The lowest BCUT2D eigenvalue weighted by Gasteiger charge is -2.37. The molecule has 1 amide bonds. The second kappa shape index (κ2) is 5.57. The standard InChI is InChI=1S/C14H21N3O2/c1-14(15)7-4-3-5-10(14)13(18)17-11-9-16-8-6-12(11)19-2/h6,8-10H,3-5,7,15H2,1-2H3,(H,17,18). The van der Waals surface area contributed by atoms with Gasteiger partial charge in [0.25, 0.3) is 0 Å². The van der Waals surface area contributed by atoms with E-state index in [4.69, 9.17) is 10.5 Å². The molecule has 2 atom stereocenters. The van der Waals surface area contributed by atoms with E-state index in [9.17, 15) is 4.79 Å². The van der Waals surface area contributed by atoms with Gasteiger partial charge in [0.1, 0.15) is 11.4 Å². The first kappa shape index (κ1) is 13.8. The Kier molecular flexibility index (Phi) is 4.04. The van der Waals surface area contributed by atoms with Crippen molar-refractivity contribution in [1.82, 2.24) is 4.98 Å². The molecule has 0 saturated heterocycles. The van der Waals surface area contributed by atoms with Crippen LogP contribution >= 0.6 is 0 Å². The Bertz CT molecular complexity index is 460. The molecule has 19 heavy (non-hydrogen) atoms. The quantitative estimate of drug-likeness (QED) is 0.873. The number of nitrogens with zero attached hydrogens (tertiary/aromatic N) is 1. The Labute approximate surface area is 113 Å². The summed E-state index contributed by atoms with van der Waals surface area (Å²) in [6.45, 7) is 1.96. The van der Waals surface area contributed by atoms with Crippen molar-refractivity contribution in [3.05, 3.63) is 18.5 Å². The third kappa shape index (κ3) is 3.04. The number of hydrogen-bond donors (Lipinski definition) is 2. The van der Waals surface area contributed by atoms with Crippen LogP contribution < -0.4 is 15.8 Å². The highest BCUT2D eigenvalue weighted by Gasteiger charge is 2.37. The highest BCUT2D eigenvalue weighted by atomic mass is 16.5. The minimum absolute atomic E-state index is 0.0454. The number of carbonyl (C=O) groups is 1. The Hall–Kier alpha value is -1.62. The van der Waals surface area contributed by atoms with Gasteiger partial charge in [-0.2, -0.15) is 0 Å². The van der Waals surface area contributed by atoms with Gasteiger partial charge in [-0.05, 0) is 19.8 Å². The molecule has 0 spiro atoms. The topological polar surface area (TPSA) is 77.2 Å². The number of rotatable bonds is 3. The zero-order valence-corrected chi connectivity index (χ0v) is 11.5. The predicted octanol–water partition coefficient (Wildman–Crippen LogP) is 1.94. The third-order valence-electron chi connectivity index (χ3n) is 3.83. The molecule has 104 valence electrons. The van der Waals surface area contributed by atoms with Crippen LogP contribution in [0, 0.1) is 5.92 Å². The lowest BCUT2D eigenvalue weighted by molar-refractivity contribution is -0.122. The number of hydrogen-bond acceptors (Lipinski definition) is 4. The van der Waals surface area contributed by atoms with Gasteiger partial charge in [-0.3, -0.25) is 9.78 Å². The van der Waals surface area contributed by atoms with Crippen LogP contribution in [0.3, 0.4) is 0 Å². The molecule has 1 aliphatic carbocycles. The lowest BCUT2D eigenvalue weighted by atomic mass is 9.74. The van der Waals surface area contributed by atoms with E-state index in [2.05, 4.69) is 10.3 Å². The molecule has 1 aromatic heterocycles. The molecule has 1 aliphatic rings. The van der Waals surface area contributed by atoms with Crippen molar-refractivity contribution in [3.8, 4) is 5.75 Å². The molecule has 1 saturated carbocycles. The van der Waals surface area contributed by atoms with Gasteiger partial charge in [0.2, 0.25) is 5.91 Å². The Morgan fingerprint density at radius 2 is 2.37 bits per heavy atom. The second-order valence-electron chi connectivity index (χ2n) is 5.37. The van der Waals surface area contributed by atoms with E-state index in [1.165, 1.54) is 0 Å². The summed E-state index contributed by atoms with van der Waals surface area (Å²) in [5.74, 6) is 0.403. The summed E-state index contributed by atoms with van der Waals surface area (Å²) in [6, 6.07) is 1.72. The predicted molar refractivity (Wildman–Crippen MR) is 74.0 cm³/mol. The molecule has 2 unspecified atom stereocenters. The van der Waals surface area contributed by atoms with Crippen LogP contribution in [-0.2, 0) is 4.79 Å². The number of amides is 1. The lowest BCUT2D eigenvalue weighted by Crippen LogP contribution is -2.51. The van der Waals surface area contributed by atoms with Crippen molar-refractivity contribution >= 4 is 11.6 Å². The van der Waals surface area contributed by atoms with Crippen LogP contribution in [0.4, 0.5) is 5.69 Å². The van der Waals surface area contributed by atoms with Crippen molar-refractivity contribution in [2.45, 2.75) is 38.1 Å². The number of methoxy groups -OCH3 is 1. The fourth-order valence-corrected chi connectivity index (χ4v) is 2.66. The van der Waals surface area contributed by atoms with Gasteiger partial charge >= 0.3 is 0 Å². The number of anilines is 1. The number of nitrogens with one attached hydrogen (secondary N) is 1. The molecular formula is C14H21N3O2. The maximum absolute atomic E-state index is 12.4. The van der Waals surface area contributed by atoms with E-state index in [-0.39, 0.29) is 11.8 Å². The van der Waals surface area contributed by atoms with E-state index in [1.807, 2.05) is 6.92 Å². The van der Waals surface area contributed by atoms with Crippen LogP contribution in [0.25, 0.3) is 0 Å². The highest BCUT2D eigenvalue weighted by Crippen LogP contribution is 2.33. The minimum Gasteiger partial charge on any atom is -0.494 e. The Morgan fingerprint density at radius 1 is 1.58 bits per heavy atom. The van der Waals surface area contributed by atoms with Crippen molar-refractivity contribution in [3.63, 3.8) is 0 Å². The smallest absolute Gasteiger partial charge is 0.229 e. The summed E-state index contributed by atoms with van der Waals surface area (Å²) < 4.78 is 5.20. The van der Waals surface area contributed by atoms with Gasteiger partial charge in [-0.1, -0.05) is 12.8 Å². The average molecular weight is 263 g/mol. The first-order chi connectivity index (χ1) is 9.04. The van der Waals surface area contributed by atoms with Crippen molar-refractivity contribution in [1.29, 1.82) is 0 Å². The Morgan fingerprint density at radius 3 is 3.05 bits per heavy atom. The molecule has 0 radical (unpaired) electrons. The highest BCUT2D eigenvalue weighted by molar-refractivity contribution is 5.94. The molecule has 1 heterocycles. The van der Waals surface area contributed by atoms with E-state index in [0.29, 0.717) is 11.4 Å². The maximum Gasteiger partial charge on any atom is 0.229 e. The summed E-state index contributed by atoms with van der Waals surface area (Å²) in [5.41, 5.74) is 6.40.